The van der Waals surface area contributed by atoms with E-state index in [1.54, 1.807) is 70.7 Å². The molecular weight excluding hydrogens is 1420 g/mol. The van der Waals surface area contributed by atoms with Crippen molar-refractivity contribution in [3.05, 3.63) is 232 Å². The number of terminal acetylenes is 4. The Morgan fingerprint density at radius 1 is 0.389 bits per heavy atom. The van der Waals surface area contributed by atoms with Gasteiger partial charge < -0.3 is 48.0 Å². The molecule has 0 N–H and O–H groups in total. The van der Waals surface area contributed by atoms with Crippen LogP contribution >= 0.6 is 22.7 Å². The number of ether oxygens (including phenoxy) is 6. The van der Waals surface area contributed by atoms with Crippen LogP contribution in [-0.4, -0.2) is 165 Å². The quantitative estimate of drug-likeness (QED) is 0.0136. The molecule has 108 heavy (non-hydrogen) atoms. The highest BCUT2D eigenvalue weighted by Crippen LogP contribution is 2.39. The highest BCUT2D eigenvalue weighted by atomic mass is 32.1. The van der Waals surface area contributed by atoms with Crippen LogP contribution in [0.1, 0.15) is 86.3 Å². The average Bonchev–Trinajstić information content (AvgIpc) is 1.62. The molecule has 0 saturated carbocycles. The number of hydrogen-bond acceptors (Lipinski definition) is 22. The largest absolute Gasteiger partial charge is 0.428 e. The van der Waals surface area contributed by atoms with E-state index in [0.717, 1.165) is 49.4 Å². The molecule has 24 nitrogen and oxygen atoms in total. The van der Waals surface area contributed by atoms with Crippen LogP contribution in [0.25, 0.3) is 0 Å². The summed E-state index contributed by atoms with van der Waals surface area (Å²) in [6.45, 7) is 5.95. The molecule has 4 aliphatic heterocycles. The summed E-state index contributed by atoms with van der Waals surface area (Å²) in [7, 11) is 6.41. The smallest absolute Gasteiger partial charge is 0.334 e. The van der Waals surface area contributed by atoms with Crippen LogP contribution in [-0.2, 0) is 76.7 Å². The zero-order valence-corrected chi connectivity index (χ0v) is 61.7. The molecule has 0 bridgehead atoms. The number of benzene rings is 6. The Labute approximate surface area is 632 Å². The first kappa shape index (κ1) is 77.2. The van der Waals surface area contributed by atoms with E-state index in [1.165, 1.54) is 42.3 Å². The van der Waals surface area contributed by atoms with Gasteiger partial charge in [0, 0.05) is 72.7 Å². The lowest BCUT2D eigenvalue weighted by Gasteiger charge is -2.20. The number of carbonyl (C=O) groups excluding carboxylic acids is 6. The van der Waals surface area contributed by atoms with Crippen molar-refractivity contribution >= 4 is 104 Å². The molecular formula is C82H72N8O16S2. The first-order chi connectivity index (χ1) is 52.2. The standard InChI is InChI=1S/C43H38N4O8.C39H34N4O8S2/c1-7-29-17-19-35-33(23-29)38(31-15-11-9-13-27(31)3)44-40(42(49)46(35)5)54-37(48)25-52-26-51-21-22-53-55-41-43(50)47(6)36-20-18-30(8-2)24-34(36)39(45-41)32-16-12-10-14-28(32)4;1-7-25-19-29-34(52-25)32(27-15-11-9-13-23(27)3)40-36(38(45)42(29)5)50-31(44)21-48-22-47-17-18-49-51-37-39(46)43(6)30-20-26(8-2)53-35(30)33(41-37)28-16-12-10-14-24(28)4/h1-2,9-20,23-24,40-41H,21-22,25-26H2,3-6H3;1-2,9-16,19-20,36-37H,17-18,21-22H2,3-6H3. The summed E-state index contributed by atoms with van der Waals surface area (Å²) >= 11 is 2.69. The van der Waals surface area contributed by atoms with Crippen LogP contribution in [0, 0.1) is 77.1 Å². The van der Waals surface area contributed by atoms with E-state index < -0.39 is 73.7 Å². The maximum atomic E-state index is 13.5. The second-order valence-electron chi connectivity index (χ2n) is 24.4. The molecule has 6 heterocycles. The molecule has 26 heteroatoms. The Hall–Kier alpha value is -11.9. The maximum Gasteiger partial charge on any atom is 0.334 e. The van der Waals surface area contributed by atoms with E-state index in [0.29, 0.717) is 82.5 Å². The zero-order chi connectivity index (χ0) is 76.7. The molecule has 8 aromatic rings. The van der Waals surface area contributed by atoms with Crippen molar-refractivity contribution < 1.29 is 76.7 Å². The Morgan fingerprint density at radius 2 is 0.713 bits per heavy atom. The number of benzodiazepines with no additional fused rings is 2. The molecule has 4 unspecified atom stereocenters. The van der Waals surface area contributed by atoms with Gasteiger partial charge in [0.25, 0.3) is 48.5 Å². The summed E-state index contributed by atoms with van der Waals surface area (Å²) in [5.41, 5.74) is 13.9. The normalized spacial score (nSPS) is 16.6. The monoisotopic (exact) mass is 1490 g/mol. The fourth-order valence-corrected chi connectivity index (χ4v) is 13.7. The van der Waals surface area contributed by atoms with Crippen molar-refractivity contribution in [1.29, 1.82) is 0 Å². The van der Waals surface area contributed by atoms with Crippen molar-refractivity contribution in [2.45, 2.75) is 52.6 Å². The fraction of sp³-hybridized carbons (Fsp3) is 0.244. The molecule has 0 aliphatic carbocycles. The number of anilines is 4. The lowest BCUT2D eigenvalue weighted by atomic mass is 9.95. The third kappa shape index (κ3) is 17.5. The molecule has 0 fully saturated rings. The van der Waals surface area contributed by atoms with Gasteiger partial charge in [-0.05, 0) is 98.5 Å². The SMILES string of the molecule is C#Cc1cc2c(s1)C(c1ccccc1C)=NC(OOCCOCOCC(=O)OC1N=C(c3ccccc3C)c3sc(C#C)cc3N(C)C1=O)C(=O)N2C.C#Cc1ccc2c(c1)C(c1ccccc1C)=NC(OOCCOCOCC(=O)OC1N=C(c3ccccc3C)c3cc(C#C)ccc3N(C)C1=O)C(=O)N2C. The predicted molar refractivity (Wildman–Crippen MR) is 409 cm³/mol. The summed E-state index contributed by atoms with van der Waals surface area (Å²) in [6.07, 6.45) is 17.1. The summed E-state index contributed by atoms with van der Waals surface area (Å²) in [5.74, 6) is 6.90. The van der Waals surface area contributed by atoms with Gasteiger partial charge in [0.05, 0.1) is 78.3 Å². The molecule has 4 atom stereocenters. The third-order valence-corrected chi connectivity index (χ3v) is 19.5. The van der Waals surface area contributed by atoms with Crippen LogP contribution in [0.4, 0.5) is 22.7 Å². The van der Waals surface area contributed by atoms with Gasteiger partial charge in [0.15, 0.2) is 0 Å². The second-order valence-corrected chi connectivity index (χ2v) is 26.5. The number of aliphatic imine (C=N–C) groups is 4. The first-order valence-corrected chi connectivity index (χ1v) is 35.2. The number of hydrogen-bond donors (Lipinski definition) is 0. The van der Waals surface area contributed by atoms with Gasteiger partial charge in [-0.1, -0.05) is 121 Å². The minimum Gasteiger partial charge on any atom is -0.428 e. The highest BCUT2D eigenvalue weighted by Gasteiger charge is 2.38. The molecule has 4 aliphatic rings. The molecule has 4 amide bonds. The van der Waals surface area contributed by atoms with Crippen LogP contribution in [0.15, 0.2) is 166 Å². The number of esters is 2. The molecule has 0 spiro atoms. The van der Waals surface area contributed by atoms with E-state index in [2.05, 4.69) is 43.7 Å². The summed E-state index contributed by atoms with van der Waals surface area (Å²) in [4.78, 5) is 128. The van der Waals surface area contributed by atoms with Crippen molar-refractivity contribution in [1.82, 2.24) is 0 Å². The van der Waals surface area contributed by atoms with E-state index >= 15 is 0 Å². The molecule has 12 rings (SSSR count). The Morgan fingerprint density at radius 3 is 1.07 bits per heavy atom. The summed E-state index contributed by atoms with van der Waals surface area (Å²) < 4.78 is 32.5. The topological polar surface area (TPSA) is 257 Å². The van der Waals surface area contributed by atoms with Crippen LogP contribution in [0.5, 0.6) is 0 Å². The number of rotatable bonds is 24. The number of likely N-dealkylation sites (N-methyl/N-ethyl adjacent to an activating group) is 4. The number of nitrogens with zero attached hydrogens (tertiary/aromatic N) is 8. The van der Waals surface area contributed by atoms with Gasteiger partial charge in [-0.2, -0.15) is 9.78 Å². The average molecular weight is 1490 g/mol. The summed E-state index contributed by atoms with van der Waals surface area (Å²) in [5, 5.41) is 0. The van der Waals surface area contributed by atoms with E-state index in [1.807, 2.05) is 131 Å². The van der Waals surface area contributed by atoms with Gasteiger partial charge in [-0.25, -0.2) is 39.3 Å². The van der Waals surface area contributed by atoms with Crippen molar-refractivity contribution in [3.8, 4) is 49.4 Å². The summed E-state index contributed by atoms with van der Waals surface area (Å²) in [6, 6.07) is 44.6. The van der Waals surface area contributed by atoms with Gasteiger partial charge in [-0.15, -0.1) is 48.4 Å². The third-order valence-electron chi connectivity index (χ3n) is 17.4. The van der Waals surface area contributed by atoms with E-state index in [4.69, 9.17) is 73.7 Å². The van der Waals surface area contributed by atoms with Crippen LogP contribution in [0.2, 0.25) is 0 Å². The zero-order valence-electron chi connectivity index (χ0n) is 60.1. The number of fused-ring (bicyclic) bond motifs is 4. The van der Waals surface area contributed by atoms with Crippen LogP contribution < -0.4 is 19.6 Å². The van der Waals surface area contributed by atoms with Gasteiger partial charge in [0.2, 0.25) is 0 Å². The van der Waals surface area contributed by atoms with Gasteiger partial charge in [0.1, 0.15) is 40.0 Å². The Balaban J connectivity index is 0.000000215. The van der Waals surface area contributed by atoms with Crippen molar-refractivity contribution in [2.24, 2.45) is 20.0 Å². The lowest BCUT2D eigenvalue weighted by Crippen LogP contribution is -2.38. The van der Waals surface area contributed by atoms with Gasteiger partial charge >= 0.3 is 11.9 Å². The minimum absolute atomic E-state index is 0.00291. The lowest BCUT2D eigenvalue weighted by molar-refractivity contribution is -0.319. The van der Waals surface area contributed by atoms with Crippen LogP contribution in [0.3, 0.4) is 0 Å². The highest BCUT2D eigenvalue weighted by molar-refractivity contribution is 7.16. The number of thiophene rings is 2. The second kappa shape index (κ2) is 35.5. The number of aryl methyl sites for hydroxylation is 4. The molecule has 548 valence electrons. The fourth-order valence-electron chi connectivity index (χ4n) is 11.7. The molecule has 6 aromatic carbocycles. The molecule has 2 aromatic heterocycles. The van der Waals surface area contributed by atoms with E-state index in [-0.39, 0.29) is 40.0 Å². The molecule has 0 radical (unpaired) electrons. The number of amides is 4. The van der Waals surface area contributed by atoms with Gasteiger partial charge in [-0.3, -0.25) is 19.2 Å². The number of carbonyl (C=O) groups is 6. The molecule has 0 saturated heterocycles. The minimum atomic E-state index is -1.48. The van der Waals surface area contributed by atoms with Crippen molar-refractivity contribution in [2.75, 3.05) is 101 Å². The Bertz CT molecular complexity index is 5120. The predicted octanol–water partition coefficient (Wildman–Crippen LogP) is 9.58. The Kier molecular flexibility index (Phi) is 25.4. The first-order valence-electron chi connectivity index (χ1n) is 33.6. The van der Waals surface area contributed by atoms with E-state index in [9.17, 15) is 28.8 Å². The maximum absolute atomic E-state index is 13.5. The van der Waals surface area contributed by atoms with Crippen molar-refractivity contribution in [3.63, 3.8) is 0 Å².